The number of aromatic nitrogens is 3. The normalized spacial score (nSPS) is 10.9. The maximum atomic E-state index is 12.7. The minimum absolute atomic E-state index is 0.178. The van der Waals surface area contributed by atoms with Crippen LogP contribution in [0.2, 0.25) is 0 Å². The molecular formula is C16H16N4O3S. The van der Waals surface area contributed by atoms with E-state index in [0.717, 1.165) is 0 Å². The topological polar surface area (TPSA) is 86.0 Å². The van der Waals surface area contributed by atoms with E-state index in [1.807, 2.05) is 6.92 Å². The molecule has 3 rings (SSSR count). The van der Waals surface area contributed by atoms with Gasteiger partial charge in [-0.05, 0) is 18.6 Å². The maximum absolute atomic E-state index is 12.7. The molecule has 0 fully saturated rings. The summed E-state index contributed by atoms with van der Waals surface area (Å²) < 4.78 is 2.51. The first-order valence-electron chi connectivity index (χ1n) is 7.53. The predicted octanol–water partition coefficient (Wildman–Crippen LogP) is 1.67. The summed E-state index contributed by atoms with van der Waals surface area (Å²) in [5.74, 6) is -0.362. The summed E-state index contributed by atoms with van der Waals surface area (Å²) in [7, 11) is 0. The quantitative estimate of drug-likeness (QED) is 0.763. The Hall–Kier alpha value is -2.74. The number of para-hydroxylation sites is 1. The van der Waals surface area contributed by atoms with E-state index in [2.05, 4.69) is 10.3 Å². The Morgan fingerprint density at radius 3 is 2.75 bits per heavy atom. The van der Waals surface area contributed by atoms with Crippen molar-refractivity contribution in [3.8, 4) is 0 Å². The van der Waals surface area contributed by atoms with Gasteiger partial charge in [0.2, 0.25) is 5.91 Å². The smallest absolute Gasteiger partial charge is 0.300 e. The molecule has 0 aliphatic rings. The summed E-state index contributed by atoms with van der Waals surface area (Å²) in [6, 6.07) is 6.81. The van der Waals surface area contributed by atoms with E-state index in [1.54, 1.807) is 35.8 Å². The highest BCUT2D eigenvalue weighted by Crippen LogP contribution is 2.11. The van der Waals surface area contributed by atoms with Crippen molar-refractivity contribution >= 4 is 33.3 Å². The highest BCUT2D eigenvalue weighted by molar-refractivity contribution is 7.13. The van der Waals surface area contributed by atoms with Gasteiger partial charge in [-0.1, -0.05) is 19.1 Å². The number of fused-ring (bicyclic) bond motifs is 1. The molecule has 0 saturated carbocycles. The summed E-state index contributed by atoms with van der Waals surface area (Å²) in [5, 5.41) is 5.29. The van der Waals surface area contributed by atoms with E-state index in [4.69, 9.17) is 0 Å². The second kappa shape index (κ2) is 6.79. The molecule has 0 radical (unpaired) electrons. The summed E-state index contributed by atoms with van der Waals surface area (Å²) >= 11 is 1.30. The van der Waals surface area contributed by atoms with E-state index in [9.17, 15) is 14.4 Å². The number of anilines is 1. The minimum Gasteiger partial charge on any atom is -0.300 e. The molecule has 2 aromatic heterocycles. The van der Waals surface area contributed by atoms with Crippen LogP contribution in [0.1, 0.15) is 13.3 Å². The molecule has 0 bridgehead atoms. The summed E-state index contributed by atoms with van der Waals surface area (Å²) in [6.45, 7) is 2.03. The van der Waals surface area contributed by atoms with Gasteiger partial charge in [0.05, 0.1) is 10.9 Å². The number of amides is 1. The molecule has 2 heterocycles. The predicted molar refractivity (Wildman–Crippen MR) is 93.5 cm³/mol. The molecule has 0 aliphatic heterocycles. The zero-order valence-electron chi connectivity index (χ0n) is 13.1. The Bertz CT molecular complexity index is 989. The minimum atomic E-state index is -0.477. The number of thiazole rings is 1. The van der Waals surface area contributed by atoms with Crippen molar-refractivity contribution in [3.63, 3.8) is 0 Å². The number of carbonyl (C=O) groups is 1. The molecule has 0 aliphatic carbocycles. The van der Waals surface area contributed by atoms with Crippen LogP contribution >= 0.6 is 11.3 Å². The van der Waals surface area contributed by atoms with Crippen LogP contribution in [-0.4, -0.2) is 20.0 Å². The summed E-state index contributed by atoms with van der Waals surface area (Å²) in [6.07, 6.45) is 2.24. The van der Waals surface area contributed by atoms with E-state index in [-0.39, 0.29) is 18.0 Å². The van der Waals surface area contributed by atoms with E-state index in [1.165, 1.54) is 20.5 Å². The fourth-order valence-electron chi connectivity index (χ4n) is 2.53. The number of hydrogen-bond donors (Lipinski definition) is 1. The monoisotopic (exact) mass is 344 g/mol. The first-order chi connectivity index (χ1) is 11.6. The van der Waals surface area contributed by atoms with Crippen LogP contribution in [0, 0.1) is 0 Å². The Morgan fingerprint density at radius 1 is 1.25 bits per heavy atom. The van der Waals surface area contributed by atoms with Gasteiger partial charge in [-0.25, -0.2) is 9.78 Å². The highest BCUT2D eigenvalue weighted by atomic mass is 32.1. The van der Waals surface area contributed by atoms with Crippen molar-refractivity contribution in [3.05, 3.63) is 56.7 Å². The molecule has 3 aromatic rings. The van der Waals surface area contributed by atoms with Crippen LogP contribution in [0.4, 0.5) is 5.13 Å². The van der Waals surface area contributed by atoms with Gasteiger partial charge in [-0.2, -0.15) is 0 Å². The molecule has 0 spiro atoms. The van der Waals surface area contributed by atoms with Crippen molar-refractivity contribution in [2.75, 3.05) is 5.32 Å². The first-order valence-corrected chi connectivity index (χ1v) is 8.41. The third-order valence-corrected chi connectivity index (χ3v) is 4.25. The van der Waals surface area contributed by atoms with Gasteiger partial charge in [0, 0.05) is 18.1 Å². The molecule has 1 aromatic carbocycles. The zero-order chi connectivity index (χ0) is 17.1. The average molecular weight is 344 g/mol. The Kier molecular flexibility index (Phi) is 4.57. The molecule has 24 heavy (non-hydrogen) atoms. The van der Waals surface area contributed by atoms with Gasteiger partial charge in [0.25, 0.3) is 5.56 Å². The fourth-order valence-corrected chi connectivity index (χ4v) is 3.08. The first kappa shape index (κ1) is 16.1. The Balaban J connectivity index is 2.07. The van der Waals surface area contributed by atoms with Gasteiger partial charge in [-0.3, -0.25) is 18.7 Å². The third-order valence-electron chi connectivity index (χ3n) is 3.56. The molecule has 8 heteroatoms. The van der Waals surface area contributed by atoms with Crippen LogP contribution in [0.3, 0.4) is 0 Å². The van der Waals surface area contributed by atoms with Crippen molar-refractivity contribution in [2.45, 2.75) is 26.4 Å². The second-order valence-electron chi connectivity index (χ2n) is 5.23. The second-order valence-corrected chi connectivity index (χ2v) is 6.12. The molecule has 0 unspecified atom stereocenters. The van der Waals surface area contributed by atoms with Gasteiger partial charge < -0.3 is 5.32 Å². The maximum Gasteiger partial charge on any atom is 0.331 e. The van der Waals surface area contributed by atoms with Gasteiger partial charge in [0.1, 0.15) is 6.54 Å². The lowest BCUT2D eigenvalue weighted by Gasteiger charge is -2.13. The lowest BCUT2D eigenvalue weighted by molar-refractivity contribution is -0.116. The van der Waals surface area contributed by atoms with Gasteiger partial charge in [0.15, 0.2) is 5.13 Å². The zero-order valence-corrected chi connectivity index (χ0v) is 13.9. The van der Waals surface area contributed by atoms with E-state index < -0.39 is 5.69 Å². The number of benzene rings is 1. The average Bonchev–Trinajstić information content (AvgIpc) is 3.08. The third kappa shape index (κ3) is 3.00. The number of nitrogens with zero attached hydrogens (tertiary/aromatic N) is 3. The highest BCUT2D eigenvalue weighted by Gasteiger charge is 2.15. The van der Waals surface area contributed by atoms with E-state index >= 15 is 0 Å². The molecule has 1 N–H and O–H groups in total. The molecule has 7 nitrogen and oxygen atoms in total. The lowest BCUT2D eigenvalue weighted by atomic mass is 10.2. The molecule has 0 saturated heterocycles. The van der Waals surface area contributed by atoms with Crippen molar-refractivity contribution in [1.29, 1.82) is 0 Å². The molecule has 0 atom stereocenters. The molecule has 1 amide bonds. The Morgan fingerprint density at radius 2 is 2.04 bits per heavy atom. The van der Waals surface area contributed by atoms with Crippen LogP contribution in [0.25, 0.3) is 10.9 Å². The fraction of sp³-hybridized carbons (Fsp3) is 0.250. The molecule has 124 valence electrons. The standard InChI is InChI=1S/C16H16N4O3S/c1-2-8-19-14(22)11-5-3-4-6-12(11)20(16(19)23)10-13(21)18-15-17-7-9-24-15/h3-7,9H,2,8,10H2,1H3,(H,17,18,21). The van der Waals surface area contributed by atoms with Crippen LogP contribution < -0.4 is 16.6 Å². The van der Waals surface area contributed by atoms with Gasteiger partial charge >= 0.3 is 5.69 Å². The van der Waals surface area contributed by atoms with Crippen LogP contribution in [0.15, 0.2) is 45.4 Å². The summed E-state index contributed by atoms with van der Waals surface area (Å²) in [4.78, 5) is 41.4. The number of rotatable bonds is 5. The number of nitrogens with one attached hydrogen (secondary N) is 1. The number of hydrogen-bond acceptors (Lipinski definition) is 5. The van der Waals surface area contributed by atoms with Crippen LogP contribution in [0.5, 0.6) is 0 Å². The lowest BCUT2D eigenvalue weighted by Crippen LogP contribution is -2.41. The Labute approximate surface area is 141 Å². The van der Waals surface area contributed by atoms with Gasteiger partial charge in [-0.15, -0.1) is 11.3 Å². The summed E-state index contributed by atoms with van der Waals surface area (Å²) in [5.41, 5.74) is -0.349. The van der Waals surface area contributed by atoms with Crippen molar-refractivity contribution in [1.82, 2.24) is 14.1 Å². The van der Waals surface area contributed by atoms with Crippen molar-refractivity contribution in [2.24, 2.45) is 0 Å². The van der Waals surface area contributed by atoms with Crippen molar-refractivity contribution < 1.29 is 4.79 Å². The molecular weight excluding hydrogens is 328 g/mol. The largest absolute Gasteiger partial charge is 0.331 e. The van der Waals surface area contributed by atoms with Crippen LogP contribution in [-0.2, 0) is 17.9 Å². The van der Waals surface area contributed by atoms with E-state index in [0.29, 0.717) is 29.0 Å². The number of carbonyl (C=O) groups excluding carboxylic acids is 1. The SMILES string of the molecule is CCCn1c(=O)c2ccccc2n(CC(=O)Nc2nccs2)c1=O.